The van der Waals surface area contributed by atoms with Crippen LogP contribution in [-0.2, 0) is 39.5 Å². The largest absolute Gasteiger partial charge is 0.772 e. The third-order valence-corrected chi connectivity index (χ3v) is 8.67. The minimum absolute atomic E-state index is 0.0839. The van der Waals surface area contributed by atoms with Crippen LogP contribution in [0.25, 0.3) is 43.3 Å². The Morgan fingerprint density at radius 3 is 1.89 bits per heavy atom. The molecule has 38 heavy (non-hydrogen) atoms. The van der Waals surface area contributed by atoms with Gasteiger partial charge in [0.1, 0.15) is 0 Å². The van der Waals surface area contributed by atoms with E-state index in [2.05, 4.69) is 9.69 Å². The minimum Gasteiger partial charge on any atom is -0.772 e. The lowest BCUT2D eigenvalue weighted by molar-refractivity contribution is 0.536. The van der Waals surface area contributed by atoms with Crippen LogP contribution in [-0.4, -0.2) is 23.4 Å². The molecule has 0 bridgehead atoms. The van der Waals surface area contributed by atoms with Gasteiger partial charge in [-0.25, -0.2) is 28.6 Å². The molecule has 1 atom stereocenters. The summed E-state index contributed by atoms with van der Waals surface area (Å²) in [5.74, 6) is -0.239. The van der Waals surface area contributed by atoms with Crippen LogP contribution in [0.2, 0.25) is 0 Å². The molecule has 0 saturated carbocycles. The molecular weight excluding hydrogens is 520 g/mol. The minimum atomic E-state index is -3.63. The highest BCUT2D eigenvalue weighted by molar-refractivity contribution is 7.90. The molecule has 8 nitrogen and oxygen atoms in total. The Kier molecular flexibility index (Phi) is 5.98. The number of nitrogens with zero attached hydrogens (tertiary/aromatic N) is 4. The summed E-state index contributed by atoms with van der Waals surface area (Å²) in [6.07, 6.45) is 1.37. The number of hydrogen-bond acceptors (Lipinski definition) is 6. The number of benzene rings is 3. The third-order valence-electron chi connectivity index (χ3n) is 6.94. The third kappa shape index (κ3) is 3.64. The molecule has 0 heterocycles. The maximum atomic E-state index is 12.6. The molecule has 0 amide bonds. The van der Waals surface area contributed by atoms with Crippen molar-refractivity contribution in [2.45, 2.75) is 23.5 Å². The maximum Gasteiger partial charge on any atom is 0.269 e. The topological polar surface area (TPSA) is 131 Å². The SMILES string of the molecule is [C-]#[N+]/C(C#N)=c1/c2c(/c(=C(\C#N)[N+]#[C-])c3c1-c1cccc(CS(=O)[O-])c1C3)-c1cccc(S(C)(=O)=O)c1C2. The summed E-state index contributed by atoms with van der Waals surface area (Å²) in [5, 5.41) is 20.6. The predicted molar refractivity (Wildman–Crippen MR) is 139 cm³/mol. The summed E-state index contributed by atoms with van der Waals surface area (Å²) >= 11 is -2.37. The predicted octanol–water partition coefficient (Wildman–Crippen LogP) is 2.71. The standard InChI is InChI=1S/C28H16N4O4S2/c1-31-22(12-29)27-20-10-18-15(14-37(33)34)6-4-7-16(18)25(20)28(23(13-30)32-2)21-11-19-17(26(21)27)8-5-9-24(19)38(3,35)36/h4-9H,10-11,14H2,3H3,(H,33,34)/p-1/b27-22+,28-23-. The number of rotatable bonds is 3. The first kappa shape index (κ1) is 25.1. The molecule has 0 aliphatic heterocycles. The van der Waals surface area contributed by atoms with Crippen molar-refractivity contribution in [3.63, 3.8) is 0 Å². The molecular formula is C28H15N4O4S2-. The summed E-state index contributed by atoms with van der Waals surface area (Å²) < 4.78 is 48.4. The molecule has 0 saturated heterocycles. The lowest BCUT2D eigenvalue weighted by Crippen LogP contribution is -2.25. The Bertz CT molecular complexity index is 2020. The molecule has 5 rings (SSSR count). The average molecular weight is 536 g/mol. The van der Waals surface area contributed by atoms with Crippen molar-refractivity contribution in [1.82, 2.24) is 0 Å². The highest BCUT2D eigenvalue weighted by atomic mass is 32.2. The number of hydrogen-bond donors (Lipinski definition) is 0. The van der Waals surface area contributed by atoms with Crippen molar-refractivity contribution >= 4 is 32.3 Å². The quantitative estimate of drug-likeness (QED) is 0.258. The molecule has 0 aromatic heterocycles. The molecule has 2 aliphatic carbocycles. The van der Waals surface area contributed by atoms with Crippen molar-refractivity contribution in [1.29, 1.82) is 10.5 Å². The van der Waals surface area contributed by atoms with E-state index in [-0.39, 0.29) is 34.9 Å². The highest BCUT2D eigenvalue weighted by Gasteiger charge is 2.34. The van der Waals surface area contributed by atoms with Crippen LogP contribution in [0.3, 0.4) is 0 Å². The van der Waals surface area contributed by atoms with Crippen LogP contribution in [0.1, 0.15) is 27.8 Å². The fraction of sp³-hybridized carbons (Fsp3) is 0.143. The summed E-state index contributed by atoms with van der Waals surface area (Å²) in [7, 11) is -3.63. The Hall–Kier alpha value is -4.58. The van der Waals surface area contributed by atoms with E-state index < -0.39 is 20.9 Å². The maximum absolute atomic E-state index is 12.6. The Morgan fingerprint density at radius 1 is 0.921 bits per heavy atom. The monoisotopic (exact) mass is 535 g/mol. The van der Waals surface area contributed by atoms with Gasteiger partial charge in [0, 0.05) is 22.4 Å². The second kappa shape index (κ2) is 9.06. The van der Waals surface area contributed by atoms with Crippen LogP contribution < -0.4 is 10.4 Å². The zero-order chi connectivity index (χ0) is 27.4. The van der Waals surface area contributed by atoms with Crippen LogP contribution in [0.5, 0.6) is 0 Å². The molecule has 184 valence electrons. The van der Waals surface area contributed by atoms with Crippen LogP contribution in [0.15, 0.2) is 41.3 Å². The fourth-order valence-electron chi connectivity index (χ4n) is 5.62. The second-order valence-electron chi connectivity index (χ2n) is 8.90. The molecule has 10 heteroatoms. The molecule has 0 fully saturated rings. The Labute approximate surface area is 221 Å². The smallest absolute Gasteiger partial charge is 0.269 e. The summed E-state index contributed by atoms with van der Waals surface area (Å²) in [6.45, 7) is 15.5. The van der Waals surface area contributed by atoms with Gasteiger partial charge in [0.05, 0.1) is 30.2 Å². The summed E-state index contributed by atoms with van der Waals surface area (Å²) in [4.78, 5) is 7.06. The van der Waals surface area contributed by atoms with Crippen molar-refractivity contribution in [3.05, 3.63) is 97.5 Å². The highest BCUT2D eigenvalue weighted by Crippen LogP contribution is 2.42. The zero-order valence-electron chi connectivity index (χ0n) is 19.8. The van der Waals surface area contributed by atoms with Gasteiger partial charge in [0.15, 0.2) is 9.84 Å². The van der Waals surface area contributed by atoms with E-state index in [1.165, 1.54) is 6.07 Å². The van der Waals surface area contributed by atoms with Crippen LogP contribution >= 0.6 is 0 Å². The molecule has 0 N–H and O–H groups in total. The Balaban J connectivity index is 2.07. The molecule has 2 aliphatic rings. The van der Waals surface area contributed by atoms with Gasteiger partial charge in [-0.05, 0) is 69.0 Å². The normalized spacial score (nSPS) is 14.9. The first-order chi connectivity index (χ1) is 18.2. The van der Waals surface area contributed by atoms with E-state index >= 15 is 0 Å². The van der Waals surface area contributed by atoms with Gasteiger partial charge in [-0.2, -0.15) is 0 Å². The van der Waals surface area contributed by atoms with E-state index in [0.29, 0.717) is 60.5 Å². The van der Waals surface area contributed by atoms with Gasteiger partial charge in [-0.15, -0.1) is 0 Å². The van der Waals surface area contributed by atoms with E-state index in [4.69, 9.17) is 13.1 Å². The summed E-state index contributed by atoms with van der Waals surface area (Å²) in [6, 6.07) is 13.9. The number of sulfone groups is 1. The van der Waals surface area contributed by atoms with Crippen LogP contribution in [0, 0.1) is 35.8 Å². The fourth-order valence-corrected chi connectivity index (χ4v) is 7.10. The molecule has 3 aromatic rings. The van der Waals surface area contributed by atoms with Crippen molar-refractivity contribution in [2.75, 3.05) is 6.26 Å². The van der Waals surface area contributed by atoms with E-state index in [9.17, 15) is 27.7 Å². The summed E-state index contributed by atoms with van der Waals surface area (Å²) in [5.41, 5.74) is 4.47. The molecule has 3 aromatic carbocycles. The van der Waals surface area contributed by atoms with Gasteiger partial charge < -0.3 is 4.55 Å². The Morgan fingerprint density at radius 2 is 1.42 bits per heavy atom. The molecule has 0 radical (unpaired) electrons. The van der Waals surface area contributed by atoms with E-state index in [1.54, 1.807) is 30.3 Å². The first-order valence-corrected chi connectivity index (χ1v) is 14.3. The van der Waals surface area contributed by atoms with Crippen molar-refractivity contribution in [3.8, 4) is 34.4 Å². The van der Waals surface area contributed by atoms with Gasteiger partial charge in [0.2, 0.25) is 0 Å². The van der Waals surface area contributed by atoms with Crippen molar-refractivity contribution < 1.29 is 17.2 Å². The molecule has 0 spiro atoms. The average Bonchev–Trinajstić information content (AvgIpc) is 3.45. The first-order valence-electron chi connectivity index (χ1n) is 11.2. The number of fused-ring (bicyclic) bond motifs is 6. The van der Waals surface area contributed by atoms with Crippen molar-refractivity contribution in [2.24, 2.45) is 0 Å². The van der Waals surface area contributed by atoms with Crippen LogP contribution in [0.4, 0.5) is 0 Å². The van der Waals surface area contributed by atoms with Gasteiger partial charge in [-0.3, -0.25) is 4.21 Å². The molecule has 1 unspecified atom stereocenters. The lowest BCUT2D eigenvalue weighted by atomic mass is 9.90. The zero-order valence-corrected chi connectivity index (χ0v) is 21.5. The van der Waals surface area contributed by atoms with Gasteiger partial charge in [0.25, 0.3) is 11.4 Å². The van der Waals surface area contributed by atoms with E-state index in [0.717, 1.165) is 6.26 Å². The van der Waals surface area contributed by atoms with Gasteiger partial charge in [-0.1, -0.05) is 41.4 Å². The van der Waals surface area contributed by atoms with Gasteiger partial charge >= 0.3 is 0 Å². The van der Waals surface area contributed by atoms with E-state index in [1.807, 2.05) is 12.1 Å². The number of nitriles is 2. The lowest BCUT2D eigenvalue weighted by Gasteiger charge is -2.13. The second-order valence-corrected chi connectivity index (χ2v) is 11.8.